The lowest BCUT2D eigenvalue weighted by Gasteiger charge is -2.40. The number of hydrogen-bond donors (Lipinski definition) is 1. The van der Waals surface area contributed by atoms with Crippen molar-refractivity contribution >= 4 is 22.1 Å². The van der Waals surface area contributed by atoms with Gasteiger partial charge < -0.3 is 10.2 Å². The second kappa shape index (κ2) is 6.50. The van der Waals surface area contributed by atoms with E-state index in [0.29, 0.717) is 12.1 Å². The summed E-state index contributed by atoms with van der Waals surface area (Å²) in [6, 6.07) is 22.8. The highest BCUT2D eigenvalue weighted by Crippen LogP contribution is 2.43. The van der Waals surface area contributed by atoms with E-state index >= 15 is 0 Å². The van der Waals surface area contributed by atoms with Gasteiger partial charge in [0.15, 0.2) is 0 Å². The Labute approximate surface area is 171 Å². The minimum atomic E-state index is 0.410. The minimum Gasteiger partial charge on any atom is -0.366 e. The van der Waals surface area contributed by atoms with Crippen LogP contribution in [0.4, 0.5) is 11.4 Å². The first kappa shape index (κ1) is 16.9. The highest BCUT2D eigenvalue weighted by atomic mass is 15.3. The fourth-order valence-corrected chi connectivity index (χ4v) is 5.67. The molecule has 2 heterocycles. The number of likely N-dealkylation sites (tertiary alicyclic amines) is 1. The highest BCUT2D eigenvalue weighted by molar-refractivity contribution is 5.93. The van der Waals surface area contributed by atoms with Crippen molar-refractivity contribution in [1.82, 2.24) is 4.90 Å². The predicted octanol–water partition coefficient (Wildman–Crippen LogP) is 4.66. The summed E-state index contributed by atoms with van der Waals surface area (Å²) in [6.07, 6.45) is 3.34. The Hall–Kier alpha value is -3.03. The van der Waals surface area contributed by atoms with Crippen LogP contribution in [-0.4, -0.2) is 30.7 Å². The zero-order chi connectivity index (χ0) is 19.4. The van der Waals surface area contributed by atoms with Crippen molar-refractivity contribution in [1.29, 1.82) is 5.26 Å². The number of rotatable bonds is 2. The van der Waals surface area contributed by atoms with Crippen LogP contribution in [0.3, 0.4) is 0 Å². The molecule has 1 unspecified atom stereocenters. The van der Waals surface area contributed by atoms with Crippen LogP contribution in [0.5, 0.6) is 0 Å². The molecule has 29 heavy (non-hydrogen) atoms. The van der Waals surface area contributed by atoms with Gasteiger partial charge in [0.2, 0.25) is 0 Å². The largest absolute Gasteiger partial charge is 0.366 e. The van der Waals surface area contributed by atoms with Crippen LogP contribution >= 0.6 is 0 Å². The van der Waals surface area contributed by atoms with E-state index in [-0.39, 0.29) is 0 Å². The first-order valence-corrected chi connectivity index (χ1v) is 10.6. The first-order valence-electron chi connectivity index (χ1n) is 10.6. The predicted molar refractivity (Wildman–Crippen MR) is 117 cm³/mol. The van der Waals surface area contributed by atoms with Crippen molar-refractivity contribution in [3.63, 3.8) is 0 Å². The Morgan fingerprint density at radius 2 is 1.83 bits per heavy atom. The Balaban J connectivity index is 1.23. The summed E-state index contributed by atoms with van der Waals surface area (Å²) in [6.45, 7) is 3.14. The average Bonchev–Trinajstić information content (AvgIpc) is 3.38. The second-order valence-corrected chi connectivity index (χ2v) is 8.46. The Morgan fingerprint density at radius 1 is 0.966 bits per heavy atom. The Morgan fingerprint density at radius 3 is 2.69 bits per heavy atom. The third-order valence-corrected chi connectivity index (χ3v) is 7.10. The lowest BCUT2D eigenvalue weighted by atomic mass is 9.98. The van der Waals surface area contributed by atoms with Crippen LogP contribution in [0, 0.1) is 11.3 Å². The number of nitriles is 1. The summed E-state index contributed by atoms with van der Waals surface area (Å²) in [7, 11) is 0. The lowest BCUT2D eigenvalue weighted by Crippen LogP contribution is -2.46. The van der Waals surface area contributed by atoms with E-state index in [2.05, 4.69) is 69.7 Å². The molecule has 1 N–H and O–H groups in total. The van der Waals surface area contributed by atoms with Gasteiger partial charge in [-0.2, -0.15) is 5.26 Å². The van der Waals surface area contributed by atoms with Crippen molar-refractivity contribution in [3.05, 3.63) is 71.3 Å². The van der Waals surface area contributed by atoms with Crippen molar-refractivity contribution in [2.24, 2.45) is 0 Å². The molecule has 4 nitrogen and oxygen atoms in total. The summed E-state index contributed by atoms with van der Waals surface area (Å²) in [5, 5.41) is 15.7. The molecule has 0 radical (unpaired) electrons. The van der Waals surface area contributed by atoms with Crippen molar-refractivity contribution in [2.45, 2.75) is 31.3 Å². The van der Waals surface area contributed by atoms with Gasteiger partial charge in [-0.15, -0.1) is 0 Å². The van der Waals surface area contributed by atoms with Gasteiger partial charge in [-0.1, -0.05) is 36.4 Å². The fraction of sp³-hybridized carbons (Fsp3) is 0.320. The zero-order valence-electron chi connectivity index (χ0n) is 16.4. The Bertz CT molecular complexity index is 1140. The van der Waals surface area contributed by atoms with E-state index in [9.17, 15) is 5.26 Å². The molecule has 3 aliphatic rings. The number of anilines is 2. The molecule has 0 aromatic heterocycles. The molecule has 0 saturated carbocycles. The van der Waals surface area contributed by atoms with Gasteiger partial charge in [-0.3, -0.25) is 4.90 Å². The summed E-state index contributed by atoms with van der Waals surface area (Å²) in [5.41, 5.74) is 6.13. The minimum absolute atomic E-state index is 0.410. The molecule has 1 aliphatic carbocycles. The summed E-state index contributed by atoms with van der Waals surface area (Å²) in [4.78, 5) is 5.20. The van der Waals surface area contributed by atoms with Gasteiger partial charge in [-0.05, 0) is 59.4 Å². The summed E-state index contributed by atoms with van der Waals surface area (Å²) >= 11 is 0. The number of fused-ring (bicyclic) bond motifs is 1. The smallest absolute Gasteiger partial charge is 0.0994 e. The molecule has 0 amide bonds. The number of nitrogens with one attached hydrogen (secondary N) is 1. The number of benzene rings is 3. The van der Waals surface area contributed by atoms with Gasteiger partial charge in [0.25, 0.3) is 0 Å². The molecule has 144 valence electrons. The monoisotopic (exact) mass is 380 g/mol. The molecule has 3 aromatic rings. The van der Waals surface area contributed by atoms with E-state index < -0.39 is 0 Å². The fourth-order valence-electron chi connectivity index (χ4n) is 5.67. The van der Waals surface area contributed by atoms with Crippen molar-refractivity contribution < 1.29 is 0 Å². The third-order valence-electron chi connectivity index (χ3n) is 7.10. The van der Waals surface area contributed by atoms with Crippen LogP contribution in [-0.2, 0) is 6.42 Å². The van der Waals surface area contributed by atoms with Gasteiger partial charge in [0.1, 0.15) is 0 Å². The van der Waals surface area contributed by atoms with Gasteiger partial charge in [0, 0.05) is 25.2 Å². The topological polar surface area (TPSA) is 42.3 Å². The van der Waals surface area contributed by atoms with Crippen molar-refractivity contribution in [2.75, 3.05) is 30.0 Å². The number of para-hydroxylation sites is 2. The summed E-state index contributed by atoms with van der Waals surface area (Å²) in [5.74, 6) is 0. The lowest BCUT2D eigenvalue weighted by molar-refractivity contribution is 0.154. The standard InChI is InChI=1S/C25H24N4/c26-15-18-9-8-17-4-3-5-20-24(14-21(18)25(17)20)28-12-10-19(11-13-28)29-16-27-22-6-1-2-7-23(22)29/h1-9,19,24,27H,10-14,16H2. The first-order chi connectivity index (χ1) is 14.3. The van der Waals surface area contributed by atoms with E-state index in [1.165, 1.54) is 46.1 Å². The SMILES string of the molecule is N#Cc1ccc2cccc3c2c1CC3N1CCC(N2CNc3ccccc32)CC1. The molecule has 2 aliphatic heterocycles. The molecular formula is C25H24N4. The van der Waals surface area contributed by atoms with Crippen LogP contribution < -0.4 is 10.2 Å². The van der Waals surface area contributed by atoms with E-state index in [4.69, 9.17) is 0 Å². The van der Waals surface area contributed by atoms with Crippen molar-refractivity contribution in [3.8, 4) is 6.07 Å². The molecule has 4 heteroatoms. The molecular weight excluding hydrogens is 356 g/mol. The number of piperidine rings is 1. The quantitative estimate of drug-likeness (QED) is 0.702. The van der Waals surface area contributed by atoms with E-state index in [1.54, 1.807) is 0 Å². The maximum absolute atomic E-state index is 9.59. The second-order valence-electron chi connectivity index (χ2n) is 8.46. The van der Waals surface area contributed by atoms with Crippen LogP contribution in [0.25, 0.3) is 10.8 Å². The highest BCUT2D eigenvalue weighted by Gasteiger charge is 2.35. The Kier molecular flexibility index (Phi) is 3.79. The molecule has 0 bridgehead atoms. The molecule has 1 saturated heterocycles. The van der Waals surface area contributed by atoms with Gasteiger partial charge in [-0.25, -0.2) is 0 Å². The van der Waals surface area contributed by atoms with E-state index in [1.807, 2.05) is 6.07 Å². The van der Waals surface area contributed by atoms with Crippen LogP contribution in [0.2, 0.25) is 0 Å². The van der Waals surface area contributed by atoms with Gasteiger partial charge in [0.05, 0.1) is 29.7 Å². The molecule has 6 rings (SSSR count). The number of hydrogen-bond acceptors (Lipinski definition) is 4. The van der Waals surface area contributed by atoms with E-state index in [0.717, 1.165) is 31.7 Å². The average molecular weight is 380 g/mol. The molecule has 1 atom stereocenters. The normalized spacial score (nSPS) is 21.2. The van der Waals surface area contributed by atoms with Crippen LogP contribution in [0.1, 0.15) is 35.6 Å². The molecule has 3 aromatic carbocycles. The number of nitrogens with zero attached hydrogens (tertiary/aromatic N) is 3. The molecule has 0 spiro atoms. The maximum Gasteiger partial charge on any atom is 0.0994 e. The van der Waals surface area contributed by atoms with Crippen LogP contribution in [0.15, 0.2) is 54.6 Å². The van der Waals surface area contributed by atoms with Gasteiger partial charge >= 0.3 is 0 Å². The summed E-state index contributed by atoms with van der Waals surface area (Å²) < 4.78 is 0. The third kappa shape index (κ3) is 2.54. The zero-order valence-corrected chi connectivity index (χ0v) is 16.4. The maximum atomic E-state index is 9.59. The molecule has 1 fully saturated rings.